The number of aromatic nitrogens is 2. The number of rotatable bonds is 1. The minimum absolute atomic E-state index is 0.225. The molecule has 23 heavy (non-hydrogen) atoms. The summed E-state index contributed by atoms with van der Waals surface area (Å²) in [7, 11) is 0. The van der Waals surface area contributed by atoms with Crippen LogP contribution in [0.4, 0.5) is 0 Å². The third-order valence-electron chi connectivity index (χ3n) is 2.13. The number of H-pyrrole nitrogens is 1. The highest BCUT2D eigenvalue weighted by molar-refractivity contribution is 6.17. The van der Waals surface area contributed by atoms with Crippen LogP contribution in [0.2, 0.25) is 0 Å². The average molecular weight is 343 g/mol. The van der Waals surface area contributed by atoms with Crippen LogP contribution in [-0.4, -0.2) is 21.5 Å². The summed E-state index contributed by atoms with van der Waals surface area (Å²) < 4.78 is 4.80. The Bertz CT molecular complexity index is 545. The molecule has 0 aliphatic rings. The summed E-state index contributed by atoms with van der Waals surface area (Å²) in [6.07, 6.45) is 3.65. The van der Waals surface area contributed by atoms with E-state index in [2.05, 4.69) is 9.97 Å². The van der Waals surface area contributed by atoms with E-state index in [-0.39, 0.29) is 11.6 Å². The second-order valence-corrected chi connectivity index (χ2v) is 5.32. The van der Waals surface area contributed by atoms with Gasteiger partial charge in [-0.25, -0.2) is 4.98 Å². The van der Waals surface area contributed by atoms with Gasteiger partial charge in [-0.2, -0.15) is 0 Å². The van der Waals surface area contributed by atoms with Gasteiger partial charge < -0.3 is 9.72 Å². The number of carbonyl (C=O) groups excluding carboxylic acids is 1. The molecule has 4 nitrogen and oxygen atoms in total. The number of nitrogens with zero attached hydrogens (tertiary/aromatic N) is 1. The lowest BCUT2D eigenvalue weighted by atomic mass is 10.2. The first-order valence-corrected chi connectivity index (χ1v) is 8.53. The summed E-state index contributed by atoms with van der Waals surface area (Å²) in [5.41, 5.74) is 1.68. The average Bonchev–Trinajstić information content (AvgIpc) is 2.92. The number of ether oxygens (including phenoxy) is 1. The second kappa shape index (κ2) is 12.9. The van der Waals surface area contributed by atoms with E-state index in [1.54, 1.807) is 6.20 Å². The van der Waals surface area contributed by atoms with Crippen molar-refractivity contribution in [1.82, 2.24) is 9.97 Å². The number of halogens is 1. The topological polar surface area (TPSA) is 55.0 Å². The standard InChI is InChI=1S/C8H7ClN2.C6H12O2.2C2H6/c9-4-6-5-11-8-7(6)2-1-3-10-8;1-5(7)8-6(2,3)4;2*1-2/h1-3,5H,4H2,(H,10,11);1-4H3;2*1-2H3. The van der Waals surface area contributed by atoms with E-state index in [1.165, 1.54) is 6.92 Å². The monoisotopic (exact) mass is 342 g/mol. The number of fused-ring (bicyclic) bond motifs is 1. The number of nitrogens with one attached hydrogen (secondary N) is 1. The Labute approximate surface area is 145 Å². The Morgan fingerprint density at radius 2 is 1.83 bits per heavy atom. The zero-order valence-corrected chi connectivity index (χ0v) is 16.4. The largest absolute Gasteiger partial charge is 0.460 e. The Balaban J connectivity index is 0. The zero-order valence-electron chi connectivity index (χ0n) is 15.7. The van der Waals surface area contributed by atoms with Gasteiger partial charge in [0.2, 0.25) is 0 Å². The summed E-state index contributed by atoms with van der Waals surface area (Å²) in [6.45, 7) is 14.9. The number of hydrogen-bond donors (Lipinski definition) is 1. The van der Waals surface area contributed by atoms with Crippen LogP contribution in [0.1, 0.15) is 61.0 Å². The highest BCUT2D eigenvalue weighted by Crippen LogP contribution is 2.16. The number of pyridine rings is 1. The second-order valence-electron chi connectivity index (χ2n) is 5.05. The van der Waals surface area contributed by atoms with Gasteiger partial charge in [-0.15, -0.1) is 11.6 Å². The molecular weight excluding hydrogens is 312 g/mol. The molecule has 0 aliphatic carbocycles. The predicted octanol–water partition coefficient (Wildman–Crippen LogP) is 5.70. The number of carbonyl (C=O) groups is 1. The van der Waals surface area contributed by atoms with Crippen LogP contribution in [0.15, 0.2) is 24.5 Å². The third-order valence-corrected chi connectivity index (χ3v) is 2.42. The van der Waals surface area contributed by atoms with E-state index < -0.39 is 0 Å². The summed E-state index contributed by atoms with van der Waals surface area (Å²) in [4.78, 5) is 17.4. The van der Waals surface area contributed by atoms with E-state index >= 15 is 0 Å². The fourth-order valence-electron chi connectivity index (χ4n) is 1.55. The fourth-order valence-corrected chi connectivity index (χ4v) is 1.78. The van der Waals surface area contributed by atoms with Crippen molar-refractivity contribution in [1.29, 1.82) is 0 Å². The molecule has 0 aromatic carbocycles. The van der Waals surface area contributed by atoms with Gasteiger partial charge in [-0.1, -0.05) is 27.7 Å². The molecule has 2 rings (SSSR count). The normalized spacial score (nSPS) is 9.43. The van der Waals surface area contributed by atoms with Crippen LogP contribution in [0.3, 0.4) is 0 Å². The quantitative estimate of drug-likeness (QED) is 0.534. The van der Waals surface area contributed by atoms with Crippen LogP contribution >= 0.6 is 11.6 Å². The molecule has 2 heterocycles. The molecule has 2 aromatic rings. The Morgan fingerprint density at radius 3 is 2.22 bits per heavy atom. The summed E-state index contributed by atoms with van der Waals surface area (Å²) >= 11 is 5.70. The molecule has 0 radical (unpaired) electrons. The van der Waals surface area contributed by atoms with Crippen molar-refractivity contribution in [3.8, 4) is 0 Å². The van der Waals surface area contributed by atoms with Crippen molar-refractivity contribution in [3.63, 3.8) is 0 Å². The molecule has 0 saturated carbocycles. The lowest BCUT2D eigenvalue weighted by molar-refractivity contribution is -0.151. The SMILES string of the molecule is CC.CC.CC(=O)OC(C)(C)C.ClCc1c[nH]c2ncccc12. The minimum atomic E-state index is -0.328. The van der Waals surface area contributed by atoms with Crippen LogP contribution in [-0.2, 0) is 15.4 Å². The lowest BCUT2D eigenvalue weighted by Gasteiger charge is -2.17. The highest BCUT2D eigenvalue weighted by Gasteiger charge is 2.11. The van der Waals surface area contributed by atoms with Crippen LogP contribution in [0.5, 0.6) is 0 Å². The minimum Gasteiger partial charge on any atom is -0.460 e. The van der Waals surface area contributed by atoms with Crippen molar-refractivity contribution in [2.75, 3.05) is 0 Å². The van der Waals surface area contributed by atoms with Gasteiger partial charge in [-0.3, -0.25) is 4.79 Å². The smallest absolute Gasteiger partial charge is 0.303 e. The Morgan fingerprint density at radius 1 is 1.26 bits per heavy atom. The van der Waals surface area contributed by atoms with E-state index in [0.29, 0.717) is 5.88 Å². The van der Waals surface area contributed by atoms with Crippen molar-refractivity contribution >= 4 is 28.6 Å². The molecule has 0 amide bonds. The lowest BCUT2D eigenvalue weighted by Crippen LogP contribution is -2.21. The summed E-state index contributed by atoms with van der Waals surface area (Å²) in [5, 5.41) is 1.11. The van der Waals surface area contributed by atoms with Gasteiger partial charge in [0.1, 0.15) is 11.2 Å². The molecule has 0 bridgehead atoms. The van der Waals surface area contributed by atoms with E-state index in [1.807, 2.05) is 66.8 Å². The van der Waals surface area contributed by atoms with Gasteiger partial charge in [0.05, 0.1) is 0 Å². The molecular formula is C18H31ClN2O2. The first-order chi connectivity index (χ1) is 10.8. The maximum absolute atomic E-state index is 10.2. The molecule has 1 N–H and O–H groups in total. The van der Waals surface area contributed by atoms with Gasteiger partial charge in [-0.05, 0) is 38.5 Å². The molecule has 5 heteroatoms. The van der Waals surface area contributed by atoms with E-state index in [0.717, 1.165) is 16.6 Å². The van der Waals surface area contributed by atoms with Gasteiger partial charge in [0.25, 0.3) is 0 Å². The van der Waals surface area contributed by atoms with Crippen molar-refractivity contribution in [2.24, 2.45) is 0 Å². The van der Waals surface area contributed by atoms with Gasteiger partial charge in [0.15, 0.2) is 0 Å². The maximum atomic E-state index is 10.2. The van der Waals surface area contributed by atoms with Crippen molar-refractivity contribution < 1.29 is 9.53 Å². The van der Waals surface area contributed by atoms with Gasteiger partial charge >= 0.3 is 5.97 Å². The third kappa shape index (κ3) is 10.7. The molecule has 0 spiro atoms. The fraction of sp³-hybridized carbons (Fsp3) is 0.556. The maximum Gasteiger partial charge on any atom is 0.303 e. The van der Waals surface area contributed by atoms with E-state index in [4.69, 9.17) is 16.3 Å². The van der Waals surface area contributed by atoms with Crippen LogP contribution in [0.25, 0.3) is 11.0 Å². The number of esters is 1. The van der Waals surface area contributed by atoms with Crippen molar-refractivity contribution in [2.45, 2.75) is 66.9 Å². The molecule has 132 valence electrons. The predicted molar refractivity (Wildman–Crippen MR) is 99.9 cm³/mol. The summed E-state index contributed by atoms with van der Waals surface area (Å²) in [5.74, 6) is 0.309. The zero-order chi connectivity index (χ0) is 18.5. The van der Waals surface area contributed by atoms with Crippen molar-refractivity contribution in [3.05, 3.63) is 30.1 Å². The van der Waals surface area contributed by atoms with Gasteiger partial charge in [0, 0.05) is 30.6 Å². The Kier molecular flexibility index (Phi) is 13.3. The first kappa shape index (κ1) is 23.7. The molecule has 0 fully saturated rings. The first-order valence-electron chi connectivity index (χ1n) is 8.00. The molecule has 2 aromatic heterocycles. The number of hydrogen-bond acceptors (Lipinski definition) is 3. The highest BCUT2D eigenvalue weighted by atomic mass is 35.5. The molecule has 0 aliphatic heterocycles. The Hall–Kier alpha value is -1.55. The van der Waals surface area contributed by atoms with Crippen LogP contribution in [0, 0.1) is 0 Å². The number of alkyl halides is 1. The molecule has 0 unspecified atom stereocenters. The van der Waals surface area contributed by atoms with E-state index in [9.17, 15) is 4.79 Å². The molecule has 0 atom stereocenters. The summed E-state index contributed by atoms with van der Waals surface area (Å²) in [6, 6.07) is 3.92. The number of aromatic amines is 1. The van der Waals surface area contributed by atoms with Crippen LogP contribution < -0.4 is 0 Å². The molecule has 0 saturated heterocycles.